The number of aromatic nitrogens is 2. The van der Waals surface area contributed by atoms with Gasteiger partial charge in [-0.05, 0) is 54.8 Å². The van der Waals surface area contributed by atoms with Gasteiger partial charge in [0.05, 0.1) is 5.69 Å². The number of ketones is 1. The van der Waals surface area contributed by atoms with Crippen LogP contribution in [0, 0.1) is 6.92 Å². The van der Waals surface area contributed by atoms with E-state index in [0.29, 0.717) is 30.0 Å². The number of carbonyl (C=O) groups excluding carboxylic acids is 2. The molecule has 2 aromatic heterocycles. The normalized spacial score (nSPS) is 10.7. The molecule has 0 atom stereocenters. The molecule has 30 heavy (non-hydrogen) atoms. The summed E-state index contributed by atoms with van der Waals surface area (Å²) in [5.74, 6) is 0.0801. The van der Waals surface area contributed by atoms with E-state index in [1.54, 1.807) is 30.4 Å². The number of benzene rings is 1. The smallest absolute Gasteiger partial charge is 0.226 e. The third-order valence-corrected chi connectivity index (χ3v) is 5.43. The van der Waals surface area contributed by atoms with Crippen molar-refractivity contribution in [1.29, 1.82) is 0 Å². The molecule has 6 heteroatoms. The number of hydrogen-bond donors (Lipinski definition) is 0. The van der Waals surface area contributed by atoms with Crippen molar-refractivity contribution in [2.24, 2.45) is 0 Å². The zero-order valence-electron chi connectivity index (χ0n) is 17.4. The summed E-state index contributed by atoms with van der Waals surface area (Å²) >= 11 is 6.06. The van der Waals surface area contributed by atoms with E-state index >= 15 is 0 Å². The van der Waals surface area contributed by atoms with Crippen molar-refractivity contribution in [3.05, 3.63) is 76.7 Å². The molecule has 0 radical (unpaired) electrons. The summed E-state index contributed by atoms with van der Waals surface area (Å²) in [5, 5.41) is 0.434. The number of hydrogen-bond acceptors (Lipinski definition) is 4. The molecule has 2 heterocycles. The van der Waals surface area contributed by atoms with Crippen LogP contribution in [0.15, 0.2) is 54.9 Å². The van der Waals surface area contributed by atoms with Crippen LogP contribution in [-0.4, -0.2) is 28.7 Å². The first-order valence-corrected chi connectivity index (χ1v) is 10.2. The topological polar surface area (TPSA) is 63.2 Å². The van der Waals surface area contributed by atoms with Crippen molar-refractivity contribution in [2.45, 2.75) is 33.1 Å². The molecule has 0 unspecified atom stereocenters. The first-order valence-electron chi connectivity index (χ1n) is 9.87. The highest BCUT2D eigenvalue weighted by Gasteiger charge is 2.13. The van der Waals surface area contributed by atoms with Crippen molar-refractivity contribution in [3.8, 4) is 11.3 Å². The van der Waals surface area contributed by atoms with E-state index in [4.69, 9.17) is 11.6 Å². The standard InChI is InChI=1S/C24H24ClN3O2/c1-4-23(30)28(3)19-9-10-20(16(2)14-19)21-11-7-18(15-27-21)22(29)12-8-17-6-5-13-26-24(17)25/h5-7,9-11,13-15H,4,8,12H2,1-3H3. The van der Waals surface area contributed by atoms with Gasteiger partial charge in [-0.15, -0.1) is 0 Å². The molecule has 0 N–H and O–H groups in total. The highest BCUT2D eigenvalue weighted by atomic mass is 35.5. The summed E-state index contributed by atoms with van der Waals surface area (Å²) in [7, 11) is 1.78. The molecule has 0 spiro atoms. The number of anilines is 1. The van der Waals surface area contributed by atoms with E-state index in [0.717, 1.165) is 28.1 Å². The Bertz CT molecular complexity index is 1060. The number of carbonyl (C=O) groups is 2. The number of aryl methyl sites for hydroxylation is 2. The van der Waals surface area contributed by atoms with E-state index in [1.807, 2.05) is 50.2 Å². The van der Waals surface area contributed by atoms with Gasteiger partial charge in [0.15, 0.2) is 5.78 Å². The molecule has 0 saturated heterocycles. The fraction of sp³-hybridized carbons (Fsp3) is 0.250. The largest absolute Gasteiger partial charge is 0.316 e. The van der Waals surface area contributed by atoms with E-state index in [2.05, 4.69) is 9.97 Å². The SMILES string of the molecule is CCC(=O)N(C)c1ccc(-c2ccc(C(=O)CCc3cccnc3Cl)cn2)c(C)c1. The minimum absolute atomic E-state index is 0.0146. The molecule has 1 aromatic carbocycles. The number of nitrogens with zero attached hydrogens (tertiary/aromatic N) is 3. The second-order valence-electron chi connectivity index (χ2n) is 7.11. The highest BCUT2D eigenvalue weighted by Crippen LogP contribution is 2.26. The van der Waals surface area contributed by atoms with Gasteiger partial charge >= 0.3 is 0 Å². The Morgan fingerprint density at radius 1 is 1.10 bits per heavy atom. The van der Waals surface area contributed by atoms with Crippen LogP contribution in [0.3, 0.4) is 0 Å². The molecule has 1 amide bonds. The fourth-order valence-corrected chi connectivity index (χ4v) is 3.46. The Kier molecular flexibility index (Phi) is 6.95. The first kappa shape index (κ1) is 21.7. The molecule has 0 aliphatic heterocycles. The lowest BCUT2D eigenvalue weighted by Gasteiger charge is -2.18. The van der Waals surface area contributed by atoms with Gasteiger partial charge < -0.3 is 4.90 Å². The third kappa shape index (κ3) is 4.92. The molecular weight excluding hydrogens is 398 g/mol. The van der Waals surface area contributed by atoms with Crippen LogP contribution in [0.1, 0.15) is 41.3 Å². The predicted molar refractivity (Wildman–Crippen MR) is 120 cm³/mol. The second-order valence-corrected chi connectivity index (χ2v) is 7.47. The lowest BCUT2D eigenvalue weighted by molar-refractivity contribution is -0.118. The minimum Gasteiger partial charge on any atom is -0.316 e. The summed E-state index contributed by atoms with van der Waals surface area (Å²) in [6.45, 7) is 3.83. The van der Waals surface area contributed by atoms with Gasteiger partial charge in [0.1, 0.15) is 5.15 Å². The molecule has 0 saturated carbocycles. The van der Waals surface area contributed by atoms with E-state index in [1.165, 1.54) is 0 Å². The zero-order valence-corrected chi connectivity index (χ0v) is 18.1. The fourth-order valence-electron chi connectivity index (χ4n) is 3.24. The zero-order chi connectivity index (χ0) is 21.7. The lowest BCUT2D eigenvalue weighted by atomic mass is 10.0. The predicted octanol–water partition coefficient (Wildman–Crippen LogP) is 5.29. The van der Waals surface area contributed by atoms with Crippen LogP contribution in [0.5, 0.6) is 0 Å². The Hall–Kier alpha value is -3.05. The molecule has 0 fully saturated rings. The van der Waals surface area contributed by atoms with Crippen molar-refractivity contribution in [2.75, 3.05) is 11.9 Å². The number of amides is 1. The number of Topliss-reactive ketones (excluding diaryl/α,β-unsaturated/α-hetero) is 1. The maximum atomic E-state index is 12.5. The average molecular weight is 422 g/mol. The van der Waals surface area contributed by atoms with Gasteiger partial charge in [0, 0.05) is 49.1 Å². The number of pyridine rings is 2. The summed E-state index contributed by atoms with van der Waals surface area (Å²) in [6, 6.07) is 13.2. The Morgan fingerprint density at radius 3 is 2.53 bits per heavy atom. The maximum Gasteiger partial charge on any atom is 0.226 e. The van der Waals surface area contributed by atoms with Crippen LogP contribution in [0.2, 0.25) is 5.15 Å². The van der Waals surface area contributed by atoms with Gasteiger partial charge in [-0.3, -0.25) is 14.6 Å². The summed E-state index contributed by atoms with van der Waals surface area (Å²) in [6.07, 6.45) is 4.59. The Balaban J connectivity index is 1.71. The maximum absolute atomic E-state index is 12.5. The van der Waals surface area contributed by atoms with Gasteiger partial charge in [0.2, 0.25) is 5.91 Å². The van der Waals surface area contributed by atoms with Crippen molar-refractivity contribution >= 4 is 29.0 Å². The number of rotatable bonds is 7. The summed E-state index contributed by atoms with van der Waals surface area (Å²) < 4.78 is 0. The molecule has 3 rings (SSSR count). The van der Waals surface area contributed by atoms with Crippen LogP contribution < -0.4 is 4.90 Å². The van der Waals surface area contributed by atoms with Crippen molar-refractivity contribution < 1.29 is 9.59 Å². The Morgan fingerprint density at radius 2 is 1.90 bits per heavy atom. The summed E-state index contributed by atoms with van der Waals surface area (Å²) in [4.78, 5) is 34.6. The van der Waals surface area contributed by atoms with E-state index < -0.39 is 0 Å². The molecule has 3 aromatic rings. The van der Waals surface area contributed by atoms with E-state index in [9.17, 15) is 9.59 Å². The van der Waals surface area contributed by atoms with Crippen molar-refractivity contribution in [1.82, 2.24) is 9.97 Å². The molecule has 5 nitrogen and oxygen atoms in total. The molecule has 154 valence electrons. The van der Waals surface area contributed by atoms with Gasteiger partial charge in [-0.1, -0.05) is 30.7 Å². The second kappa shape index (κ2) is 9.63. The lowest BCUT2D eigenvalue weighted by Crippen LogP contribution is -2.25. The minimum atomic E-state index is 0.0146. The van der Waals surface area contributed by atoms with Gasteiger partial charge in [0.25, 0.3) is 0 Å². The molecule has 0 bridgehead atoms. The van der Waals surface area contributed by atoms with Crippen LogP contribution >= 0.6 is 11.6 Å². The van der Waals surface area contributed by atoms with E-state index in [-0.39, 0.29) is 11.7 Å². The quantitative estimate of drug-likeness (QED) is 0.384. The van der Waals surface area contributed by atoms with Gasteiger partial charge in [-0.2, -0.15) is 0 Å². The van der Waals surface area contributed by atoms with Crippen LogP contribution in [0.4, 0.5) is 5.69 Å². The van der Waals surface area contributed by atoms with Crippen molar-refractivity contribution in [3.63, 3.8) is 0 Å². The average Bonchev–Trinajstić information content (AvgIpc) is 2.77. The Labute approximate surface area is 181 Å². The monoisotopic (exact) mass is 421 g/mol. The molecular formula is C24H24ClN3O2. The molecule has 0 aliphatic rings. The third-order valence-electron chi connectivity index (χ3n) is 5.09. The van der Waals surface area contributed by atoms with Gasteiger partial charge in [-0.25, -0.2) is 4.98 Å². The number of halogens is 1. The van der Waals surface area contributed by atoms with Crippen LogP contribution in [-0.2, 0) is 11.2 Å². The highest BCUT2D eigenvalue weighted by molar-refractivity contribution is 6.30. The molecule has 0 aliphatic carbocycles. The first-order chi connectivity index (χ1) is 14.4. The summed E-state index contributed by atoms with van der Waals surface area (Å²) in [5.41, 5.74) is 5.05. The van der Waals surface area contributed by atoms with Crippen LogP contribution in [0.25, 0.3) is 11.3 Å².